The molecule has 1 aliphatic rings. The van der Waals surface area contributed by atoms with E-state index >= 15 is 0 Å². The molecule has 1 aliphatic heterocycles. The standard InChI is InChI=1S/C19H30N2O3/c1-4-23-17-10-8-9-16-13-21(15(2)3)14-18(22)20-11-6-5-7-12-24-19(16)17/h8-10,15H,4-7,11-14H2,1-3H3,(H,20,22). The zero-order valence-electron chi connectivity index (χ0n) is 15.1. The highest BCUT2D eigenvalue weighted by Gasteiger charge is 2.19. The monoisotopic (exact) mass is 334 g/mol. The van der Waals surface area contributed by atoms with Crippen molar-refractivity contribution in [1.29, 1.82) is 0 Å². The van der Waals surface area contributed by atoms with Crippen molar-refractivity contribution in [1.82, 2.24) is 10.2 Å². The minimum Gasteiger partial charge on any atom is -0.490 e. The highest BCUT2D eigenvalue weighted by atomic mass is 16.5. The molecule has 0 saturated carbocycles. The van der Waals surface area contributed by atoms with Gasteiger partial charge in [0, 0.05) is 24.7 Å². The van der Waals surface area contributed by atoms with Gasteiger partial charge in [-0.25, -0.2) is 0 Å². The van der Waals surface area contributed by atoms with Crippen molar-refractivity contribution in [3.05, 3.63) is 23.8 Å². The number of rotatable bonds is 3. The van der Waals surface area contributed by atoms with E-state index in [9.17, 15) is 4.79 Å². The van der Waals surface area contributed by atoms with Crippen LogP contribution in [0.4, 0.5) is 0 Å². The molecule has 5 heteroatoms. The number of amides is 1. The largest absolute Gasteiger partial charge is 0.490 e. The predicted octanol–water partition coefficient (Wildman–Crippen LogP) is 2.97. The highest BCUT2D eigenvalue weighted by Crippen LogP contribution is 2.33. The molecule has 0 unspecified atom stereocenters. The lowest BCUT2D eigenvalue weighted by atomic mass is 10.1. The summed E-state index contributed by atoms with van der Waals surface area (Å²) in [6.45, 7) is 9.28. The van der Waals surface area contributed by atoms with Gasteiger partial charge in [0.25, 0.3) is 0 Å². The van der Waals surface area contributed by atoms with Crippen LogP contribution >= 0.6 is 0 Å². The third-order valence-corrected chi connectivity index (χ3v) is 4.20. The minimum absolute atomic E-state index is 0.0892. The lowest BCUT2D eigenvalue weighted by Crippen LogP contribution is -2.40. The van der Waals surface area contributed by atoms with Crippen LogP contribution in [0.1, 0.15) is 45.6 Å². The second-order valence-corrected chi connectivity index (χ2v) is 6.44. The van der Waals surface area contributed by atoms with Crippen LogP contribution in [-0.2, 0) is 11.3 Å². The van der Waals surface area contributed by atoms with E-state index in [0.29, 0.717) is 26.3 Å². The Morgan fingerprint density at radius 3 is 2.83 bits per heavy atom. The number of benzene rings is 1. The van der Waals surface area contributed by atoms with Gasteiger partial charge in [0.15, 0.2) is 11.5 Å². The van der Waals surface area contributed by atoms with Crippen molar-refractivity contribution in [3.8, 4) is 11.5 Å². The number of hydrogen-bond donors (Lipinski definition) is 1. The van der Waals surface area contributed by atoms with Crippen molar-refractivity contribution in [2.45, 2.75) is 52.6 Å². The van der Waals surface area contributed by atoms with Crippen molar-refractivity contribution in [2.24, 2.45) is 0 Å². The van der Waals surface area contributed by atoms with E-state index in [0.717, 1.165) is 42.9 Å². The fraction of sp³-hybridized carbons (Fsp3) is 0.632. The lowest BCUT2D eigenvalue weighted by Gasteiger charge is -2.27. The van der Waals surface area contributed by atoms with Crippen LogP contribution < -0.4 is 14.8 Å². The second-order valence-electron chi connectivity index (χ2n) is 6.44. The fourth-order valence-electron chi connectivity index (χ4n) is 2.80. The van der Waals surface area contributed by atoms with Crippen LogP contribution in [0.3, 0.4) is 0 Å². The van der Waals surface area contributed by atoms with E-state index < -0.39 is 0 Å². The van der Waals surface area contributed by atoms with Gasteiger partial charge in [0.1, 0.15) is 0 Å². The summed E-state index contributed by atoms with van der Waals surface area (Å²) in [7, 11) is 0. The normalized spacial score (nSPS) is 17.8. The van der Waals surface area contributed by atoms with Gasteiger partial charge in [0.2, 0.25) is 5.91 Å². The first-order chi connectivity index (χ1) is 11.6. The summed E-state index contributed by atoms with van der Waals surface area (Å²) >= 11 is 0. The summed E-state index contributed by atoms with van der Waals surface area (Å²) in [6.07, 6.45) is 3.00. The summed E-state index contributed by atoms with van der Waals surface area (Å²) in [5.41, 5.74) is 1.07. The molecule has 0 radical (unpaired) electrons. The molecule has 1 aromatic carbocycles. The summed E-state index contributed by atoms with van der Waals surface area (Å²) in [6, 6.07) is 6.27. The zero-order chi connectivity index (χ0) is 17.4. The lowest BCUT2D eigenvalue weighted by molar-refractivity contribution is -0.122. The number of carbonyl (C=O) groups is 1. The number of nitrogens with zero attached hydrogens (tertiary/aromatic N) is 1. The first-order valence-corrected chi connectivity index (χ1v) is 9.00. The second kappa shape index (κ2) is 9.52. The topological polar surface area (TPSA) is 50.8 Å². The summed E-state index contributed by atoms with van der Waals surface area (Å²) in [5, 5.41) is 3.02. The quantitative estimate of drug-likeness (QED) is 0.923. The van der Waals surface area contributed by atoms with Gasteiger partial charge in [-0.15, -0.1) is 0 Å². The minimum atomic E-state index is 0.0892. The Hall–Kier alpha value is -1.75. The van der Waals surface area contributed by atoms with Crippen LogP contribution in [0, 0.1) is 0 Å². The summed E-state index contributed by atoms with van der Waals surface area (Å²) in [4.78, 5) is 14.3. The van der Waals surface area contributed by atoms with Crippen molar-refractivity contribution < 1.29 is 14.3 Å². The molecule has 0 spiro atoms. The van der Waals surface area contributed by atoms with E-state index in [-0.39, 0.29) is 11.9 Å². The average molecular weight is 334 g/mol. The molecule has 0 atom stereocenters. The molecule has 2 rings (SSSR count). The average Bonchev–Trinajstić information content (AvgIpc) is 2.56. The molecule has 0 fully saturated rings. The Kier molecular flexibility index (Phi) is 7.37. The first kappa shape index (κ1) is 18.6. The molecule has 1 amide bonds. The van der Waals surface area contributed by atoms with E-state index in [1.54, 1.807) is 0 Å². The number of carbonyl (C=O) groups excluding carboxylic acids is 1. The molecular weight excluding hydrogens is 304 g/mol. The molecule has 1 N–H and O–H groups in total. The Labute approximate surface area is 145 Å². The molecule has 5 nitrogen and oxygen atoms in total. The van der Waals surface area contributed by atoms with E-state index in [4.69, 9.17) is 9.47 Å². The zero-order valence-corrected chi connectivity index (χ0v) is 15.1. The van der Waals surface area contributed by atoms with Gasteiger partial charge in [-0.1, -0.05) is 12.1 Å². The SMILES string of the molecule is CCOc1cccc2c1OCCCCCNC(=O)CN(C(C)C)C2. The van der Waals surface area contributed by atoms with Gasteiger partial charge in [-0.3, -0.25) is 9.69 Å². The molecule has 1 aromatic rings. The number of para-hydroxylation sites is 1. The number of nitrogens with one attached hydrogen (secondary N) is 1. The van der Waals surface area contributed by atoms with Crippen molar-refractivity contribution in [2.75, 3.05) is 26.3 Å². The maximum absolute atomic E-state index is 12.2. The van der Waals surface area contributed by atoms with Gasteiger partial charge >= 0.3 is 0 Å². The molecule has 0 aromatic heterocycles. The number of hydrogen-bond acceptors (Lipinski definition) is 4. The van der Waals surface area contributed by atoms with Gasteiger partial charge in [-0.2, -0.15) is 0 Å². The fourth-order valence-corrected chi connectivity index (χ4v) is 2.80. The van der Waals surface area contributed by atoms with Crippen LogP contribution in [0.25, 0.3) is 0 Å². The summed E-state index contributed by atoms with van der Waals surface area (Å²) in [5.74, 6) is 1.70. The molecule has 134 valence electrons. The first-order valence-electron chi connectivity index (χ1n) is 9.00. The summed E-state index contributed by atoms with van der Waals surface area (Å²) < 4.78 is 11.8. The Bertz CT molecular complexity index is 531. The third kappa shape index (κ3) is 5.41. The van der Waals surface area contributed by atoms with Crippen LogP contribution in [-0.4, -0.2) is 43.2 Å². The Balaban J connectivity index is 2.28. The Morgan fingerprint density at radius 2 is 2.08 bits per heavy atom. The molecule has 0 aliphatic carbocycles. The number of ether oxygens (including phenoxy) is 2. The molecular formula is C19H30N2O3. The van der Waals surface area contributed by atoms with E-state index in [2.05, 4.69) is 30.1 Å². The van der Waals surface area contributed by atoms with E-state index in [1.807, 2.05) is 19.1 Å². The predicted molar refractivity (Wildman–Crippen MR) is 95.5 cm³/mol. The van der Waals surface area contributed by atoms with Crippen molar-refractivity contribution >= 4 is 5.91 Å². The van der Waals surface area contributed by atoms with Crippen LogP contribution in [0.15, 0.2) is 18.2 Å². The van der Waals surface area contributed by atoms with E-state index in [1.165, 1.54) is 0 Å². The molecule has 1 heterocycles. The molecule has 24 heavy (non-hydrogen) atoms. The van der Waals surface area contributed by atoms with Gasteiger partial charge < -0.3 is 14.8 Å². The highest BCUT2D eigenvalue weighted by molar-refractivity contribution is 5.78. The Morgan fingerprint density at radius 1 is 1.25 bits per heavy atom. The maximum Gasteiger partial charge on any atom is 0.234 e. The third-order valence-electron chi connectivity index (χ3n) is 4.20. The van der Waals surface area contributed by atoms with Crippen LogP contribution in [0.2, 0.25) is 0 Å². The molecule has 0 bridgehead atoms. The van der Waals surface area contributed by atoms with Gasteiger partial charge in [0.05, 0.1) is 19.8 Å². The number of fused-ring (bicyclic) bond motifs is 1. The van der Waals surface area contributed by atoms with Gasteiger partial charge in [-0.05, 0) is 46.1 Å². The van der Waals surface area contributed by atoms with Crippen molar-refractivity contribution in [3.63, 3.8) is 0 Å². The smallest absolute Gasteiger partial charge is 0.234 e. The van der Waals surface area contributed by atoms with Crippen LogP contribution in [0.5, 0.6) is 11.5 Å². The molecule has 0 saturated heterocycles. The maximum atomic E-state index is 12.2.